The number of hydrogen-bond acceptors (Lipinski definition) is 27. The first-order valence-corrected chi connectivity index (χ1v) is 19.1. The first kappa shape index (κ1) is 44.3. The summed E-state index contributed by atoms with van der Waals surface area (Å²) in [4.78, 5) is 84.6. The molecule has 4 aromatic carbocycles. The zero-order valence-electron chi connectivity index (χ0n) is 33.2. The van der Waals surface area contributed by atoms with Crippen molar-refractivity contribution in [3.05, 3.63) is 69.8 Å². The molecule has 5 aliphatic rings. The predicted octanol–water partition coefficient (Wildman–Crippen LogP) is -1.10. The fraction of sp³-hybridized carbons (Fsp3) is 0.220. The second-order valence-corrected chi connectivity index (χ2v) is 15.5. The van der Waals surface area contributed by atoms with Crippen LogP contribution in [0.1, 0.15) is 52.9 Å². The van der Waals surface area contributed by atoms with Crippen LogP contribution in [0.25, 0.3) is 11.1 Å². The smallest absolute Gasteiger partial charge is 0.340 e. The van der Waals surface area contributed by atoms with Gasteiger partial charge in [0.1, 0.15) is 12.7 Å². The highest BCUT2D eigenvalue weighted by atomic mass is 16.8. The zero-order chi connectivity index (χ0) is 49.4. The van der Waals surface area contributed by atoms with Crippen molar-refractivity contribution in [1.82, 2.24) is 0 Å². The Morgan fingerprint density at radius 2 is 1.07 bits per heavy atom. The summed E-state index contributed by atoms with van der Waals surface area (Å²) >= 11 is 0. The van der Waals surface area contributed by atoms with Crippen LogP contribution >= 0.6 is 0 Å². The van der Waals surface area contributed by atoms with Crippen LogP contribution in [0.3, 0.4) is 0 Å². The average Bonchev–Trinajstić information content (AvgIpc) is 3.61. The lowest BCUT2D eigenvalue weighted by molar-refractivity contribution is -0.323. The Hall–Kier alpha value is -8.92. The van der Waals surface area contributed by atoms with Crippen molar-refractivity contribution in [2.45, 2.75) is 48.2 Å². The van der Waals surface area contributed by atoms with Gasteiger partial charge in [-0.05, 0) is 36.4 Å². The molecule has 0 aromatic heterocycles. The number of fused-ring (bicyclic) bond motifs is 3. The molecule has 0 unspecified atom stereocenters. The number of benzene rings is 4. The number of aliphatic hydroxyl groups is 3. The summed E-state index contributed by atoms with van der Waals surface area (Å²) < 4.78 is 39.1. The summed E-state index contributed by atoms with van der Waals surface area (Å²) in [6.07, 6.45) is -12.1. The molecule has 1 saturated heterocycles. The van der Waals surface area contributed by atoms with Crippen LogP contribution in [0.4, 0.5) is 0 Å². The van der Waals surface area contributed by atoms with Gasteiger partial charge in [-0.1, -0.05) is 0 Å². The van der Waals surface area contributed by atoms with E-state index in [1.807, 2.05) is 0 Å². The van der Waals surface area contributed by atoms with E-state index in [1.165, 1.54) is 0 Å². The van der Waals surface area contributed by atoms with Crippen molar-refractivity contribution < 1.29 is 133 Å². The molecular weight excluding hydrogens is 924 g/mol. The van der Waals surface area contributed by atoms with E-state index in [4.69, 9.17) is 33.2 Å². The molecule has 7 atom stereocenters. The van der Waals surface area contributed by atoms with Crippen molar-refractivity contribution in [2.24, 2.45) is 0 Å². The van der Waals surface area contributed by atoms with E-state index >= 15 is 0 Å². The predicted molar refractivity (Wildman–Crippen MR) is 204 cm³/mol. The molecule has 354 valence electrons. The van der Waals surface area contributed by atoms with Crippen LogP contribution in [0.15, 0.2) is 42.0 Å². The van der Waals surface area contributed by atoms with Gasteiger partial charge in [0, 0.05) is 16.7 Å². The van der Waals surface area contributed by atoms with Gasteiger partial charge >= 0.3 is 29.8 Å². The van der Waals surface area contributed by atoms with E-state index in [2.05, 4.69) is 0 Å². The third kappa shape index (κ3) is 6.21. The van der Waals surface area contributed by atoms with Crippen molar-refractivity contribution in [3.8, 4) is 80.1 Å². The van der Waals surface area contributed by atoms with Gasteiger partial charge in [0.15, 0.2) is 64.0 Å². The molecule has 9 rings (SSSR count). The normalized spacial score (nSPS) is 25.7. The Labute approximate surface area is 373 Å². The SMILES string of the molecule is O=C1O[C@H]2[C@@H]3OC(=O)c4cc(O)c(O)c(O)c4-c4c(cc(O)c(O)c4O)C(=O)OC[C@H]2O[C@@H](OC(=O)c2cc(O)c(O)c(O)c2)[C@@H]3OC(=O)c2cc(O)c(O)c3c2[C@H]2C1=CC(=O)C(O)(O)[C@]2(O)O3. The third-order valence-corrected chi connectivity index (χ3v) is 11.5. The van der Waals surface area contributed by atoms with Gasteiger partial charge in [-0.3, -0.25) is 4.79 Å². The molecule has 68 heavy (non-hydrogen) atoms. The van der Waals surface area contributed by atoms with Crippen LogP contribution in [-0.2, 0) is 38.0 Å². The summed E-state index contributed by atoms with van der Waals surface area (Å²) in [5.74, 6) is -36.2. The number of phenols is 11. The second kappa shape index (κ2) is 14.8. The number of esters is 5. The number of carbonyl (C=O) groups excluding carboxylic acids is 6. The highest BCUT2D eigenvalue weighted by Gasteiger charge is 2.70. The van der Waals surface area contributed by atoms with Crippen LogP contribution in [0, 0.1) is 0 Å². The molecule has 4 aliphatic heterocycles. The first-order chi connectivity index (χ1) is 31.9. The molecule has 4 bridgehead atoms. The monoisotopic (exact) mass is 952 g/mol. The molecule has 1 fully saturated rings. The van der Waals surface area contributed by atoms with Crippen LogP contribution in [-0.4, -0.2) is 156 Å². The number of hydrogen-bond donors (Lipinski definition) is 14. The number of phenolic OH excluding ortho intramolecular Hbond substituents is 11. The van der Waals surface area contributed by atoms with E-state index < -0.39 is 204 Å². The van der Waals surface area contributed by atoms with Gasteiger partial charge in [0.05, 0.1) is 33.7 Å². The number of aromatic hydroxyl groups is 11. The quantitative estimate of drug-likeness (QED) is 0.0491. The van der Waals surface area contributed by atoms with Crippen molar-refractivity contribution >= 4 is 35.6 Å². The largest absolute Gasteiger partial charge is 0.504 e. The summed E-state index contributed by atoms with van der Waals surface area (Å²) in [6.45, 7) is -1.31. The minimum Gasteiger partial charge on any atom is -0.504 e. The van der Waals surface area contributed by atoms with E-state index in [0.717, 1.165) is 0 Å². The molecular formula is C41H28O27. The van der Waals surface area contributed by atoms with E-state index in [9.17, 15) is 100 Å². The molecule has 4 aromatic rings. The van der Waals surface area contributed by atoms with Gasteiger partial charge in [-0.2, -0.15) is 0 Å². The summed E-state index contributed by atoms with van der Waals surface area (Å²) in [6, 6.07) is 2.36. The number of ether oxygens (including phenoxy) is 7. The van der Waals surface area contributed by atoms with Crippen LogP contribution < -0.4 is 4.74 Å². The van der Waals surface area contributed by atoms with Crippen molar-refractivity contribution in [1.29, 1.82) is 0 Å². The topological polar surface area (TPSA) is 450 Å². The van der Waals surface area contributed by atoms with Gasteiger partial charge in [0.2, 0.25) is 35.4 Å². The Kier molecular flexibility index (Phi) is 9.64. The van der Waals surface area contributed by atoms with Crippen LogP contribution in [0.5, 0.6) is 69.0 Å². The minimum absolute atomic E-state index is 0.207. The maximum atomic E-state index is 14.6. The van der Waals surface area contributed by atoms with Crippen LogP contribution in [0.2, 0.25) is 0 Å². The fourth-order valence-electron chi connectivity index (χ4n) is 8.26. The lowest BCUT2D eigenvalue weighted by Crippen LogP contribution is -2.66. The number of ketones is 1. The molecule has 0 radical (unpaired) electrons. The zero-order valence-corrected chi connectivity index (χ0v) is 33.2. The minimum atomic E-state index is -4.02. The second-order valence-electron chi connectivity index (χ2n) is 15.5. The first-order valence-electron chi connectivity index (χ1n) is 19.1. The molecule has 27 heteroatoms. The Balaban J connectivity index is 1.29. The van der Waals surface area contributed by atoms with Crippen molar-refractivity contribution in [3.63, 3.8) is 0 Å². The number of carbonyl (C=O) groups is 6. The van der Waals surface area contributed by atoms with Gasteiger partial charge in [0.25, 0.3) is 11.6 Å². The average molecular weight is 953 g/mol. The Bertz CT molecular complexity index is 3020. The van der Waals surface area contributed by atoms with Gasteiger partial charge in [-0.25, -0.2) is 24.0 Å². The van der Waals surface area contributed by atoms with E-state index in [-0.39, 0.29) is 6.08 Å². The van der Waals surface area contributed by atoms with Crippen molar-refractivity contribution in [2.75, 3.05) is 6.61 Å². The molecule has 0 saturated carbocycles. The summed E-state index contributed by atoms with van der Waals surface area (Å²) in [7, 11) is 0. The maximum Gasteiger partial charge on any atom is 0.340 e. The van der Waals surface area contributed by atoms with Gasteiger partial charge < -0.3 is 105 Å². The highest BCUT2D eigenvalue weighted by molar-refractivity contribution is 6.09. The Morgan fingerprint density at radius 3 is 1.68 bits per heavy atom. The standard InChI is InChI=1S/C41H28O27/c42-13-1-8(2-14(43)24(13)48)34(54)67-39-33-32-30(64-38(58)12-6-19(47)40(59,60)41(61)23(12)22-11(37(57)66-33)5-17(46)27(51)31(22)68-41)18(63-39)7-62-35(55)9-3-15(44)25(49)28(52)20(9)21-10(36(56)65-32)4-16(45)26(50)29(21)53/h1-6,18,23,30,32-33,39,42-46,48-53,59-61H,7H2/t18-,23-,30-,32+,33-,39+,41-/m1/s1. The molecule has 27 nitrogen and oxygen atoms in total. The molecule has 0 amide bonds. The lowest BCUT2D eigenvalue weighted by atomic mass is 9.74. The summed E-state index contributed by atoms with van der Waals surface area (Å²) in [5, 5.41) is 150. The third-order valence-electron chi connectivity index (χ3n) is 11.5. The van der Waals surface area contributed by atoms with Gasteiger partial charge in [-0.15, -0.1) is 0 Å². The highest BCUT2D eigenvalue weighted by Crippen LogP contribution is 2.60. The molecule has 0 spiro atoms. The maximum absolute atomic E-state index is 14.6. The number of rotatable bonds is 2. The summed E-state index contributed by atoms with van der Waals surface area (Å²) in [5.41, 5.74) is -8.25. The van der Waals surface area contributed by atoms with E-state index in [0.29, 0.717) is 30.3 Å². The molecule has 1 aliphatic carbocycles. The fourth-order valence-corrected chi connectivity index (χ4v) is 8.26. The molecule has 4 heterocycles. The van der Waals surface area contributed by atoms with E-state index in [1.54, 1.807) is 0 Å². The molecule has 14 N–H and O–H groups in total. The number of cyclic esters (lactones) is 1. The lowest BCUT2D eigenvalue weighted by Gasteiger charge is -2.44. The Morgan fingerprint density at radius 1 is 0.574 bits per heavy atom.